The maximum Gasteiger partial charge on any atom is 0.319 e. The molecular weight excluding hydrogens is 326 g/mol. The van der Waals surface area contributed by atoms with Gasteiger partial charge in [-0.3, -0.25) is 4.79 Å². The standard InChI is InChI=1S/C21H25N3O2/c1-21(2)14-19(25)24-18-13-16(10-11-17(18)21)23-20(26)22-12-6-9-15-7-4-3-5-8-15/h3-5,7-8,10-11,13H,6,9,12,14H2,1-2H3,(H,24,25)(H2,22,23,26). The van der Waals surface area contributed by atoms with Gasteiger partial charge in [-0.15, -0.1) is 0 Å². The molecule has 2 aromatic carbocycles. The smallest absolute Gasteiger partial charge is 0.319 e. The van der Waals surface area contributed by atoms with Crippen molar-refractivity contribution in [2.45, 2.75) is 38.5 Å². The fourth-order valence-electron chi connectivity index (χ4n) is 3.32. The summed E-state index contributed by atoms with van der Waals surface area (Å²) in [5.74, 6) is 0.00464. The van der Waals surface area contributed by atoms with Gasteiger partial charge < -0.3 is 16.0 Å². The lowest BCUT2D eigenvalue weighted by Gasteiger charge is -2.32. The largest absolute Gasteiger partial charge is 0.338 e. The lowest BCUT2D eigenvalue weighted by atomic mass is 9.78. The van der Waals surface area contributed by atoms with Crippen molar-refractivity contribution in [2.24, 2.45) is 0 Å². The first-order chi connectivity index (χ1) is 12.4. The second-order valence-electron chi connectivity index (χ2n) is 7.34. The van der Waals surface area contributed by atoms with Crippen LogP contribution in [0, 0.1) is 0 Å². The first-order valence-electron chi connectivity index (χ1n) is 8.97. The number of benzene rings is 2. The van der Waals surface area contributed by atoms with Gasteiger partial charge in [0, 0.05) is 29.8 Å². The van der Waals surface area contributed by atoms with E-state index in [2.05, 4.69) is 41.9 Å². The fraction of sp³-hybridized carbons (Fsp3) is 0.333. The minimum absolute atomic E-state index is 0.00464. The van der Waals surface area contributed by atoms with Gasteiger partial charge in [-0.1, -0.05) is 50.2 Å². The van der Waals surface area contributed by atoms with Gasteiger partial charge in [0.1, 0.15) is 0 Å². The third-order valence-electron chi connectivity index (χ3n) is 4.65. The summed E-state index contributed by atoms with van der Waals surface area (Å²) in [6, 6.07) is 15.6. The number of anilines is 2. The molecule has 1 heterocycles. The number of amides is 3. The van der Waals surface area contributed by atoms with Gasteiger partial charge in [0.05, 0.1) is 0 Å². The van der Waals surface area contributed by atoms with Crippen LogP contribution in [-0.4, -0.2) is 18.5 Å². The molecule has 0 spiro atoms. The van der Waals surface area contributed by atoms with E-state index >= 15 is 0 Å². The maximum absolute atomic E-state index is 12.1. The van der Waals surface area contributed by atoms with Gasteiger partial charge in [-0.05, 0) is 36.1 Å². The Labute approximate surface area is 154 Å². The van der Waals surface area contributed by atoms with Gasteiger partial charge in [-0.25, -0.2) is 4.79 Å². The van der Waals surface area contributed by atoms with Crippen molar-refractivity contribution in [1.82, 2.24) is 5.32 Å². The third kappa shape index (κ3) is 4.42. The summed E-state index contributed by atoms with van der Waals surface area (Å²) in [6.45, 7) is 4.71. The van der Waals surface area contributed by atoms with Crippen LogP contribution in [0.5, 0.6) is 0 Å². The van der Waals surface area contributed by atoms with Crippen LogP contribution in [0.25, 0.3) is 0 Å². The molecule has 0 bridgehead atoms. The molecule has 0 saturated heterocycles. The van der Waals surface area contributed by atoms with Crippen LogP contribution in [0.1, 0.15) is 37.8 Å². The number of fused-ring (bicyclic) bond motifs is 1. The molecule has 0 radical (unpaired) electrons. The van der Waals surface area contributed by atoms with Crippen LogP contribution in [0.4, 0.5) is 16.2 Å². The quantitative estimate of drug-likeness (QED) is 0.711. The zero-order valence-corrected chi connectivity index (χ0v) is 15.3. The summed E-state index contributed by atoms with van der Waals surface area (Å²) >= 11 is 0. The highest BCUT2D eigenvalue weighted by Gasteiger charge is 2.31. The number of carbonyl (C=O) groups is 2. The second kappa shape index (κ2) is 7.60. The van der Waals surface area contributed by atoms with Crippen molar-refractivity contribution in [3.8, 4) is 0 Å². The summed E-state index contributed by atoms with van der Waals surface area (Å²) in [4.78, 5) is 23.9. The van der Waals surface area contributed by atoms with Gasteiger partial charge in [0.2, 0.25) is 5.91 Å². The average Bonchev–Trinajstić information content (AvgIpc) is 2.58. The predicted octanol–water partition coefficient (Wildman–Crippen LogP) is 4.06. The van der Waals surface area contributed by atoms with Crippen LogP contribution in [-0.2, 0) is 16.6 Å². The van der Waals surface area contributed by atoms with E-state index in [1.165, 1.54) is 5.56 Å². The first kappa shape index (κ1) is 18.0. The third-order valence-corrected chi connectivity index (χ3v) is 4.65. The lowest BCUT2D eigenvalue weighted by Crippen LogP contribution is -2.33. The Morgan fingerprint density at radius 2 is 1.92 bits per heavy atom. The number of aryl methyl sites for hydroxylation is 1. The lowest BCUT2D eigenvalue weighted by molar-refractivity contribution is -0.117. The fourth-order valence-corrected chi connectivity index (χ4v) is 3.32. The van der Waals surface area contributed by atoms with Crippen LogP contribution in [0.3, 0.4) is 0 Å². The number of carbonyl (C=O) groups excluding carboxylic acids is 2. The Morgan fingerprint density at radius 1 is 1.15 bits per heavy atom. The molecule has 5 nitrogen and oxygen atoms in total. The molecule has 26 heavy (non-hydrogen) atoms. The van der Waals surface area contributed by atoms with E-state index < -0.39 is 0 Å². The maximum atomic E-state index is 12.1. The molecular formula is C21H25N3O2. The summed E-state index contributed by atoms with van der Waals surface area (Å²) in [6.07, 6.45) is 2.28. The summed E-state index contributed by atoms with van der Waals surface area (Å²) in [5.41, 5.74) is 3.60. The van der Waals surface area contributed by atoms with Crippen molar-refractivity contribution in [2.75, 3.05) is 17.2 Å². The highest BCUT2D eigenvalue weighted by atomic mass is 16.2. The number of urea groups is 1. The van der Waals surface area contributed by atoms with Crippen LogP contribution in [0.2, 0.25) is 0 Å². The van der Waals surface area contributed by atoms with E-state index in [0.717, 1.165) is 24.1 Å². The minimum Gasteiger partial charge on any atom is -0.338 e. The monoisotopic (exact) mass is 351 g/mol. The van der Waals surface area contributed by atoms with E-state index in [4.69, 9.17) is 0 Å². The molecule has 0 atom stereocenters. The van der Waals surface area contributed by atoms with E-state index in [1.54, 1.807) is 0 Å². The van der Waals surface area contributed by atoms with Crippen molar-refractivity contribution in [3.05, 3.63) is 59.7 Å². The molecule has 0 saturated carbocycles. The van der Waals surface area contributed by atoms with Gasteiger partial charge in [-0.2, -0.15) is 0 Å². The summed E-state index contributed by atoms with van der Waals surface area (Å²) in [5, 5.41) is 8.59. The van der Waals surface area contributed by atoms with Crippen LogP contribution in [0.15, 0.2) is 48.5 Å². The van der Waals surface area contributed by atoms with Crippen molar-refractivity contribution >= 4 is 23.3 Å². The molecule has 0 fully saturated rings. The van der Waals surface area contributed by atoms with E-state index in [0.29, 0.717) is 18.7 Å². The average molecular weight is 351 g/mol. The van der Waals surface area contributed by atoms with Gasteiger partial charge in [0.25, 0.3) is 0 Å². The zero-order chi connectivity index (χ0) is 18.6. The molecule has 0 aromatic heterocycles. The normalized spacial score (nSPS) is 14.9. The Morgan fingerprint density at radius 3 is 2.69 bits per heavy atom. The topological polar surface area (TPSA) is 70.2 Å². The SMILES string of the molecule is CC1(C)CC(=O)Nc2cc(NC(=O)NCCCc3ccccc3)ccc21. The predicted molar refractivity (Wildman–Crippen MR) is 104 cm³/mol. The van der Waals surface area contributed by atoms with Gasteiger partial charge in [0.15, 0.2) is 0 Å². The van der Waals surface area contributed by atoms with Crippen LogP contribution < -0.4 is 16.0 Å². The Kier molecular flexibility index (Phi) is 5.26. The molecule has 3 N–H and O–H groups in total. The number of rotatable bonds is 5. The molecule has 2 aromatic rings. The van der Waals surface area contributed by atoms with Gasteiger partial charge >= 0.3 is 6.03 Å². The molecule has 0 unspecified atom stereocenters. The molecule has 5 heteroatoms. The van der Waals surface area contributed by atoms with Crippen molar-refractivity contribution in [1.29, 1.82) is 0 Å². The molecule has 1 aliphatic rings. The van der Waals surface area contributed by atoms with Crippen LogP contribution >= 0.6 is 0 Å². The highest BCUT2D eigenvalue weighted by Crippen LogP contribution is 2.38. The Hall–Kier alpha value is -2.82. The number of hydrogen-bond donors (Lipinski definition) is 3. The summed E-state index contributed by atoms with van der Waals surface area (Å²) < 4.78 is 0. The van der Waals surface area contributed by atoms with Crippen molar-refractivity contribution in [3.63, 3.8) is 0 Å². The second-order valence-corrected chi connectivity index (χ2v) is 7.34. The molecule has 136 valence electrons. The number of hydrogen-bond acceptors (Lipinski definition) is 2. The summed E-state index contributed by atoms with van der Waals surface area (Å²) in [7, 11) is 0. The first-order valence-corrected chi connectivity index (χ1v) is 8.97. The van der Waals surface area contributed by atoms with E-state index in [1.807, 2.05) is 36.4 Å². The number of nitrogens with one attached hydrogen (secondary N) is 3. The minimum atomic E-state index is -0.237. The molecule has 3 rings (SSSR count). The molecule has 0 aliphatic carbocycles. The zero-order valence-electron chi connectivity index (χ0n) is 15.3. The molecule has 1 aliphatic heterocycles. The highest BCUT2D eigenvalue weighted by molar-refractivity contribution is 5.97. The Bertz CT molecular complexity index is 800. The van der Waals surface area contributed by atoms with E-state index in [9.17, 15) is 9.59 Å². The van der Waals surface area contributed by atoms with E-state index in [-0.39, 0.29) is 17.4 Å². The van der Waals surface area contributed by atoms with Crippen molar-refractivity contribution < 1.29 is 9.59 Å². The molecule has 3 amide bonds. The Balaban J connectivity index is 1.52.